The highest BCUT2D eigenvalue weighted by atomic mass is 16.4. The minimum absolute atomic E-state index is 0.00287. The molecule has 2 heterocycles. The van der Waals surface area contributed by atoms with E-state index in [0.717, 1.165) is 30.2 Å². The van der Waals surface area contributed by atoms with Gasteiger partial charge in [-0.3, -0.25) is 0 Å². The van der Waals surface area contributed by atoms with E-state index in [1.807, 2.05) is 20.8 Å². The maximum absolute atomic E-state index is 8.90. The summed E-state index contributed by atoms with van der Waals surface area (Å²) < 4.78 is 1.67. The largest absolute Gasteiger partial charge is 0.409 e. The van der Waals surface area contributed by atoms with Crippen LogP contribution in [0.3, 0.4) is 0 Å². The van der Waals surface area contributed by atoms with Crippen LogP contribution >= 0.6 is 0 Å². The van der Waals surface area contributed by atoms with Gasteiger partial charge < -0.3 is 10.9 Å². The Morgan fingerprint density at radius 1 is 1.30 bits per heavy atom. The van der Waals surface area contributed by atoms with Crippen LogP contribution in [-0.2, 0) is 12.8 Å². The summed E-state index contributed by atoms with van der Waals surface area (Å²) in [4.78, 5) is 8.91. The number of amidine groups is 1. The summed E-state index contributed by atoms with van der Waals surface area (Å²) in [5.41, 5.74) is 7.06. The highest BCUT2D eigenvalue weighted by Crippen LogP contribution is 2.15. The summed E-state index contributed by atoms with van der Waals surface area (Å²) >= 11 is 0. The molecular formula is C13H18N6O. The van der Waals surface area contributed by atoms with Gasteiger partial charge in [0, 0.05) is 18.5 Å². The molecule has 0 spiro atoms. The van der Waals surface area contributed by atoms with Gasteiger partial charge in [-0.1, -0.05) is 19.0 Å². The van der Waals surface area contributed by atoms with E-state index in [0.29, 0.717) is 11.4 Å². The lowest BCUT2D eigenvalue weighted by molar-refractivity contribution is 0.318. The summed E-state index contributed by atoms with van der Waals surface area (Å²) in [7, 11) is 0. The lowest BCUT2D eigenvalue weighted by Gasteiger charge is -2.09. The van der Waals surface area contributed by atoms with E-state index in [2.05, 4.69) is 20.2 Å². The Bertz CT molecular complexity index is 646. The molecule has 0 aliphatic rings. The number of oxime groups is 1. The van der Waals surface area contributed by atoms with Crippen molar-refractivity contribution in [2.75, 3.05) is 0 Å². The van der Waals surface area contributed by atoms with E-state index < -0.39 is 0 Å². The van der Waals surface area contributed by atoms with Crippen molar-refractivity contribution < 1.29 is 5.21 Å². The summed E-state index contributed by atoms with van der Waals surface area (Å²) in [5.74, 6) is 2.08. The standard InChI is InChI=1S/C13H18N6O/c1-4-10-16-11(5-2)19(17-10)13-9(12(14)18-20)7-6-8(3)15-13/h6-7,20H,4-5H2,1-3H3,(H2,14,18). The average molecular weight is 274 g/mol. The molecule has 0 saturated carbocycles. The number of aromatic nitrogens is 4. The van der Waals surface area contributed by atoms with Crippen molar-refractivity contribution in [2.24, 2.45) is 10.9 Å². The summed E-state index contributed by atoms with van der Waals surface area (Å²) in [5, 5.41) is 16.4. The van der Waals surface area contributed by atoms with Crippen molar-refractivity contribution in [3.05, 3.63) is 35.0 Å². The van der Waals surface area contributed by atoms with Gasteiger partial charge in [-0.15, -0.1) is 5.10 Å². The van der Waals surface area contributed by atoms with Crippen LogP contribution in [0.1, 0.15) is 36.8 Å². The number of nitrogens with two attached hydrogens (primary N) is 1. The third-order valence-corrected chi connectivity index (χ3v) is 2.95. The molecule has 3 N–H and O–H groups in total. The number of aryl methyl sites for hydroxylation is 3. The van der Waals surface area contributed by atoms with Crippen molar-refractivity contribution >= 4 is 5.84 Å². The lowest BCUT2D eigenvalue weighted by atomic mass is 10.2. The SMILES string of the molecule is CCc1nc(CC)n(-c2nc(C)ccc2C(N)=NO)n1. The van der Waals surface area contributed by atoms with Crippen LogP contribution in [0.4, 0.5) is 0 Å². The Balaban J connectivity index is 2.67. The quantitative estimate of drug-likeness (QED) is 0.377. The molecular weight excluding hydrogens is 256 g/mol. The molecule has 0 amide bonds. The molecule has 0 aliphatic heterocycles. The fourth-order valence-electron chi connectivity index (χ4n) is 1.90. The number of rotatable bonds is 4. The van der Waals surface area contributed by atoms with E-state index in [-0.39, 0.29) is 5.84 Å². The summed E-state index contributed by atoms with van der Waals surface area (Å²) in [6.45, 7) is 5.87. The second kappa shape index (κ2) is 5.68. The first-order valence-corrected chi connectivity index (χ1v) is 6.51. The zero-order valence-electron chi connectivity index (χ0n) is 11.8. The molecule has 0 aromatic carbocycles. The number of hydrogen-bond acceptors (Lipinski definition) is 5. The van der Waals surface area contributed by atoms with Crippen LogP contribution in [0.15, 0.2) is 17.3 Å². The second-order valence-electron chi connectivity index (χ2n) is 4.37. The third-order valence-electron chi connectivity index (χ3n) is 2.95. The van der Waals surface area contributed by atoms with Gasteiger partial charge in [-0.2, -0.15) is 4.68 Å². The number of hydrogen-bond donors (Lipinski definition) is 2. The van der Waals surface area contributed by atoms with Crippen LogP contribution in [0.25, 0.3) is 5.82 Å². The topological polar surface area (TPSA) is 102 Å². The molecule has 2 aromatic rings. The van der Waals surface area contributed by atoms with E-state index in [1.165, 1.54) is 0 Å². The lowest BCUT2D eigenvalue weighted by Crippen LogP contribution is -2.19. The Hall–Kier alpha value is -2.44. The Morgan fingerprint density at radius 3 is 2.65 bits per heavy atom. The molecule has 0 atom stereocenters. The Kier molecular flexibility index (Phi) is 3.97. The molecule has 2 aromatic heterocycles. The molecule has 2 rings (SSSR count). The van der Waals surface area contributed by atoms with Gasteiger partial charge in [0.25, 0.3) is 0 Å². The number of nitrogens with zero attached hydrogens (tertiary/aromatic N) is 5. The third kappa shape index (κ3) is 2.47. The van der Waals surface area contributed by atoms with Gasteiger partial charge in [0.15, 0.2) is 17.5 Å². The van der Waals surface area contributed by atoms with Gasteiger partial charge in [0.05, 0.1) is 5.56 Å². The van der Waals surface area contributed by atoms with Gasteiger partial charge in [0.1, 0.15) is 5.82 Å². The highest BCUT2D eigenvalue weighted by molar-refractivity contribution is 5.99. The fourth-order valence-corrected chi connectivity index (χ4v) is 1.90. The minimum atomic E-state index is 0.00287. The molecule has 0 bridgehead atoms. The van der Waals surface area contributed by atoms with E-state index in [4.69, 9.17) is 10.9 Å². The van der Waals surface area contributed by atoms with Gasteiger partial charge >= 0.3 is 0 Å². The first kappa shape index (κ1) is 14.0. The van der Waals surface area contributed by atoms with E-state index in [1.54, 1.807) is 16.8 Å². The van der Waals surface area contributed by atoms with Gasteiger partial charge in [0.2, 0.25) is 0 Å². The maximum atomic E-state index is 8.90. The molecule has 7 heteroatoms. The Labute approximate surface area is 117 Å². The highest BCUT2D eigenvalue weighted by Gasteiger charge is 2.16. The first-order chi connectivity index (χ1) is 9.60. The normalized spacial score (nSPS) is 11.8. The molecule has 0 saturated heterocycles. The second-order valence-corrected chi connectivity index (χ2v) is 4.37. The maximum Gasteiger partial charge on any atom is 0.173 e. The molecule has 20 heavy (non-hydrogen) atoms. The summed E-state index contributed by atoms with van der Waals surface area (Å²) in [6.07, 6.45) is 1.46. The monoisotopic (exact) mass is 274 g/mol. The van der Waals surface area contributed by atoms with Crippen molar-refractivity contribution in [1.82, 2.24) is 19.7 Å². The molecule has 0 radical (unpaired) electrons. The van der Waals surface area contributed by atoms with Crippen molar-refractivity contribution in [3.63, 3.8) is 0 Å². The zero-order valence-corrected chi connectivity index (χ0v) is 11.8. The predicted octanol–water partition coefficient (Wildman–Crippen LogP) is 1.19. The van der Waals surface area contributed by atoms with E-state index >= 15 is 0 Å². The molecule has 0 aliphatic carbocycles. The van der Waals surface area contributed by atoms with Crippen molar-refractivity contribution in [2.45, 2.75) is 33.6 Å². The average Bonchev–Trinajstić information content (AvgIpc) is 2.89. The van der Waals surface area contributed by atoms with Gasteiger partial charge in [-0.25, -0.2) is 9.97 Å². The fraction of sp³-hybridized carbons (Fsp3) is 0.385. The van der Waals surface area contributed by atoms with Crippen LogP contribution in [0.5, 0.6) is 0 Å². The van der Waals surface area contributed by atoms with Gasteiger partial charge in [-0.05, 0) is 19.1 Å². The molecule has 0 unspecified atom stereocenters. The zero-order chi connectivity index (χ0) is 14.7. The molecule has 7 nitrogen and oxygen atoms in total. The number of pyridine rings is 1. The molecule has 0 fully saturated rings. The van der Waals surface area contributed by atoms with Crippen molar-refractivity contribution in [3.8, 4) is 5.82 Å². The first-order valence-electron chi connectivity index (χ1n) is 6.51. The predicted molar refractivity (Wildman–Crippen MR) is 75.2 cm³/mol. The smallest absolute Gasteiger partial charge is 0.173 e. The summed E-state index contributed by atoms with van der Waals surface area (Å²) in [6, 6.07) is 3.57. The van der Waals surface area contributed by atoms with Crippen molar-refractivity contribution in [1.29, 1.82) is 0 Å². The van der Waals surface area contributed by atoms with Crippen LogP contribution < -0.4 is 5.73 Å². The van der Waals surface area contributed by atoms with Crippen LogP contribution in [0.2, 0.25) is 0 Å². The van der Waals surface area contributed by atoms with Crippen LogP contribution in [-0.4, -0.2) is 30.8 Å². The van der Waals surface area contributed by atoms with E-state index in [9.17, 15) is 0 Å². The molecule has 106 valence electrons. The Morgan fingerprint density at radius 2 is 2.05 bits per heavy atom. The minimum Gasteiger partial charge on any atom is -0.409 e. The van der Waals surface area contributed by atoms with Crippen LogP contribution in [0, 0.1) is 6.92 Å².